The van der Waals surface area contributed by atoms with Crippen LogP contribution >= 0.6 is 0 Å². The van der Waals surface area contributed by atoms with Crippen molar-refractivity contribution in [3.8, 4) is 11.5 Å². The van der Waals surface area contributed by atoms with E-state index < -0.39 is 10.0 Å². The first-order valence-electron chi connectivity index (χ1n) is 9.98. The normalized spacial score (nSPS) is 11.5. The maximum Gasteiger partial charge on any atom is 0.261 e. The number of sulfonamides is 1. The molecule has 0 saturated carbocycles. The molecule has 9 heteroatoms. The number of hydrogen-bond acceptors (Lipinski definition) is 7. The third-order valence-electron chi connectivity index (χ3n) is 4.71. The Hall–Kier alpha value is -3.46. The van der Waals surface area contributed by atoms with Crippen molar-refractivity contribution in [2.45, 2.75) is 37.5 Å². The van der Waals surface area contributed by atoms with Crippen LogP contribution in [0.3, 0.4) is 0 Å². The molecule has 0 radical (unpaired) electrons. The molecular formula is C22H22N4O4S. The molecule has 31 heavy (non-hydrogen) atoms. The topological polar surface area (TPSA) is 111 Å². The number of aryl methyl sites for hydroxylation is 1. The second-order valence-corrected chi connectivity index (χ2v) is 8.79. The van der Waals surface area contributed by atoms with Gasteiger partial charge in [0.1, 0.15) is 5.76 Å². The van der Waals surface area contributed by atoms with Crippen LogP contribution < -0.4 is 4.72 Å². The molecule has 0 spiro atoms. The van der Waals surface area contributed by atoms with Crippen molar-refractivity contribution < 1.29 is 17.5 Å². The first-order chi connectivity index (χ1) is 15.0. The molecule has 160 valence electrons. The third kappa shape index (κ3) is 5.18. The molecular weight excluding hydrogens is 416 g/mol. The largest absolute Gasteiger partial charge is 0.361 e. The minimum absolute atomic E-state index is 0.107. The van der Waals surface area contributed by atoms with Crippen LogP contribution in [-0.2, 0) is 22.9 Å². The summed E-state index contributed by atoms with van der Waals surface area (Å²) < 4.78 is 38.7. The van der Waals surface area contributed by atoms with Gasteiger partial charge in [0.15, 0.2) is 5.82 Å². The van der Waals surface area contributed by atoms with Crippen LogP contribution in [0.5, 0.6) is 0 Å². The van der Waals surface area contributed by atoms with Crippen molar-refractivity contribution >= 4 is 15.7 Å². The molecule has 0 atom stereocenters. The van der Waals surface area contributed by atoms with E-state index in [4.69, 9.17) is 9.05 Å². The molecule has 2 heterocycles. The van der Waals surface area contributed by atoms with E-state index in [0.29, 0.717) is 29.3 Å². The SMILES string of the molecule is CCCCc1ccc(NS(=O)(=O)c2cccc(-c3nc(Cc4ccno4)no3)c2)cc1. The van der Waals surface area contributed by atoms with Crippen molar-refractivity contribution in [1.82, 2.24) is 15.3 Å². The molecule has 0 bridgehead atoms. The summed E-state index contributed by atoms with van der Waals surface area (Å²) in [6.07, 6.45) is 5.07. The van der Waals surface area contributed by atoms with Gasteiger partial charge in [0.25, 0.3) is 15.9 Å². The Morgan fingerprint density at radius 3 is 2.61 bits per heavy atom. The zero-order chi connectivity index (χ0) is 21.7. The number of benzene rings is 2. The van der Waals surface area contributed by atoms with Gasteiger partial charge in [-0.1, -0.05) is 41.9 Å². The van der Waals surface area contributed by atoms with Gasteiger partial charge >= 0.3 is 0 Å². The molecule has 0 aliphatic rings. The zero-order valence-corrected chi connectivity index (χ0v) is 17.8. The Labute approximate surface area is 180 Å². The summed E-state index contributed by atoms with van der Waals surface area (Å²) in [6.45, 7) is 2.14. The number of rotatable bonds is 9. The summed E-state index contributed by atoms with van der Waals surface area (Å²) in [5.74, 6) is 1.25. The fraction of sp³-hybridized carbons (Fsp3) is 0.227. The van der Waals surface area contributed by atoms with Crippen LogP contribution in [0.4, 0.5) is 5.69 Å². The third-order valence-corrected chi connectivity index (χ3v) is 6.09. The average Bonchev–Trinajstić information content (AvgIpc) is 3.46. The van der Waals surface area contributed by atoms with Crippen molar-refractivity contribution in [3.63, 3.8) is 0 Å². The highest BCUT2D eigenvalue weighted by atomic mass is 32.2. The maximum absolute atomic E-state index is 12.9. The van der Waals surface area contributed by atoms with Gasteiger partial charge in [-0.15, -0.1) is 0 Å². The predicted octanol–water partition coefficient (Wildman–Crippen LogP) is 4.46. The van der Waals surface area contributed by atoms with Crippen LogP contribution in [0.25, 0.3) is 11.5 Å². The minimum atomic E-state index is -3.77. The van der Waals surface area contributed by atoms with Gasteiger partial charge in [-0.3, -0.25) is 4.72 Å². The molecule has 1 N–H and O–H groups in total. The monoisotopic (exact) mass is 438 g/mol. The summed E-state index contributed by atoms with van der Waals surface area (Å²) in [4.78, 5) is 4.42. The minimum Gasteiger partial charge on any atom is -0.361 e. The molecule has 4 aromatic rings. The molecule has 2 aromatic heterocycles. The van der Waals surface area contributed by atoms with Gasteiger partial charge in [-0.05, 0) is 48.7 Å². The first kappa shape index (κ1) is 20.8. The van der Waals surface area contributed by atoms with Gasteiger partial charge in [-0.25, -0.2) is 8.42 Å². The van der Waals surface area contributed by atoms with Gasteiger partial charge in [0, 0.05) is 17.3 Å². The smallest absolute Gasteiger partial charge is 0.261 e. The van der Waals surface area contributed by atoms with Crippen LogP contribution in [-0.4, -0.2) is 23.7 Å². The van der Waals surface area contributed by atoms with E-state index in [1.165, 1.54) is 23.9 Å². The predicted molar refractivity (Wildman–Crippen MR) is 115 cm³/mol. The second-order valence-electron chi connectivity index (χ2n) is 7.11. The lowest BCUT2D eigenvalue weighted by molar-refractivity contribution is 0.382. The molecule has 0 amide bonds. The Balaban J connectivity index is 1.50. The molecule has 0 saturated heterocycles. The van der Waals surface area contributed by atoms with Gasteiger partial charge in [0.05, 0.1) is 17.5 Å². The highest BCUT2D eigenvalue weighted by Gasteiger charge is 2.17. The van der Waals surface area contributed by atoms with E-state index in [2.05, 4.69) is 26.9 Å². The molecule has 4 rings (SSSR count). The fourth-order valence-electron chi connectivity index (χ4n) is 3.06. The van der Waals surface area contributed by atoms with Crippen LogP contribution in [0.2, 0.25) is 0 Å². The lowest BCUT2D eigenvalue weighted by atomic mass is 10.1. The Morgan fingerprint density at radius 2 is 1.87 bits per heavy atom. The van der Waals surface area contributed by atoms with E-state index in [1.54, 1.807) is 30.3 Å². The van der Waals surface area contributed by atoms with E-state index >= 15 is 0 Å². The van der Waals surface area contributed by atoms with Crippen molar-refractivity contribution in [1.29, 1.82) is 0 Å². The van der Waals surface area contributed by atoms with Crippen molar-refractivity contribution in [3.05, 3.63) is 77.9 Å². The Morgan fingerprint density at radius 1 is 1.03 bits per heavy atom. The number of nitrogens with zero attached hydrogens (tertiary/aromatic N) is 3. The summed E-state index contributed by atoms with van der Waals surface area (Å²) in [7, 11) is -3.77. The first-order valence-corrected chi connectivity index (χ1v) is 11.5. The van der Waals surface area contributed by atoms with Gasteiger partial charge < -0.3 is 9.05 Å². The molecule has 2 aromatic carbocycles. The average molecular weight is 439 g/mol. The van der Waals surface area contributed by atoms with E-state index in [1.807, 2.05) is 12.1 Å². The van der Waals surface area contributed by atoms with Crippen LogP contribution in [0.1, 0.15) is 36.9 Å². The zero-order valence-electron chi connectivity index (χ0n) is 17.0. The standard InChI is InChI=1S/C22H22N4O4S/c1-2-3-5-16-8-10-18(11-9-16)26-31(27,28)20-7-4-6-17(14-20)22-24-21(25-30-22)15-19-12-13-23-29-19/h4,6-14,26H,2-3,5,15H2,1H3. The van der Waals surface area contributed by atoms with Crippen LogP contribution in [0, 0.1) is 0 Å². The summed E-state index contributed by atoms with van der Waals surface area (Å²) in [5.41, 5.74) is 2.20. The lowest BCUT2D eigenvalue weighted by Crippen LogP contribution is -2.13. The van der Waals surface area contributed by atoms with Crippen molar-refractivity contribution in [2.24, 2.45) is 0 Å². The molecule has 0 fully saturated rings. The number of hydrogen-bond donors (Lipinski definition) is 1. The van der Waals surface area contributed by atoms with E-state index in [-0.39, 0.29) is 10.8 Å². The highest BCUT2D eigenvalue weighted by Crippen LogP contribution is 2.23. The molecule has 0 aliphatic heterocycles. The van der Waals surface area contributed by atoms with E-state index in [9.17, 15) is 8.42 Å². The summed E-state index contributed by atoms with van der Waals surface area (Å²) in [6, 6.07) is 15.5. The van der Waals surface area contributed by atoms with Gasteiger partial charge in [0.2, 0.25) is 0 Å². The van der Waals surface area contributed by atoms with Gasteiger partial charge in [-0.2, -0.15) is 4.98 Å². The number of aromatic nitrogens is 3. The summed E-state index contributed by atoms with van der Waals surface area (Å²) >= 11 is 0. The Bertz CT molecular complexity index is 1230. The molecule has 8 nitrogen and oxygen atoms in total. The van der Waals surface area contributed by atoms with Crippen LogP contribution in [0.15, 0.2) is 74.7 Å². The number of anilines is 1. The quantitative estimate of drug-likeness (QED) is 0.411. The molecule has 0 unspecified atom stereocenters. The highest BCUT2D eigenvalue weighted by molar-refractivity contribution is 7.92. The second kappa shape index (κ2) is 9.13. The number of unbranched alkanes of at least 4 members (excludes halogenated alkanes) is 1. The van der Waals surface area contributed by atoms with E-state index in [0.717, 1.165) is 19.3 Å². The summed E-state index contributed by atoms with van der Waals surface area (Å²) in [5, 5.41) is 7.56. The number of nitrogens with one attached hydrogen (secondary N) is 1. The maximum atomic E-state index is 12.9. The fourth-order valence-corrected chi connectivity index (χ4v) is 4.17. The van der Waals surface area contributed by atoms with Crippen molar-refractivity contribution in [2.75, 3.05) is 4.72 Å². The Kier molecular flexibility index (Phi) is 6.13. The molecule has 0 aliphatic carbocycles. The lowest BCUT2D eigenvalue weighted by Gasteiger charge is -2.09.